The fourth-order valence-electron chi connectivity index (χ4n) is 1.55. The zero-order chi connectivity index (χ0) is 11.8. The molecule has 0 amide bonds. The van der Waals surface area contributed by atoms with Gasteiger partial charge in [0.1, 0.15) is 0 Å². The number of aromatic nitrogens is 4. The Morgan fingerprint density at radius 1 is 1.12 bits per heavy atom. The standard InChI is InChI=1S/C11H11N5S/c1-15(2)11-14-16-9(12-13-10(16)17-11)8-6-4-3-5-7-8/h3-7H,1-2H3. The third-order valence-corrected chi connectivity index (χ3v) is 3.46. The predicted octanol–water partition coefficient (Wildman–Crippen LogP) is 1.92. The van der Waals surface area contributed by atoms with Crippen molar-refractivity contribution in [2.24, 2.45) is 0 Å². The highest BCUT2D eigenvalue weighted by atomic mass is 32.1. The largest absolute Gasteiger partial charge is 0.353 e. The average Bonchev–Trinajstić information content (AvgIpc) is 2.89. The lowest BCUT2D eigenvalue weighted by molar-refractivity contribution is 0.936. The molecule has 3 rings (SSSR count). The van der Waals surface area contributed by atoms with Crippen LogP contribution < -0.4 is 4.90 Å². The molecule has 0 N–H and O–H groups in total. The normalized spacial score (nSPS) is 10.9. The zero-order valence-electron chi connectivity index (χ0n) is 9.53. The lowest BCUT2D eigenvalue weighted by Crippen LogP contribution is -2.08. The number of anilines is 1. The second-order valence-electron chi connectivity index (χ2n) is 3.86. The van der Waals surface area contributed by atoms with Gasteiger partial charge in [-0.3, -0.25) is 0 Å². The van der Waals surface area contributed by atoms with Crippen LogP contribution in [0.5, 0.6) is 0 Å². The minimum absolute atomic E-state index is 0.782. The first-order chi connectivity index (χ1) is 8.25. The Morgan fingerprint density at radius 3 is 2.59 bits per heavy atom. The molecule has 0 radical (unpaired) electrons. The molecule has 0 spiro atoms. The van der Waals surface area contributed by atoms with Crippen molar-refractivity contribution in [3.8, 4) is 11.4 Å². The van der Waals surface area contributed by atoms with Gasteiger partial charge in [-0.1, -0.05) is 41.7 Å². The van der Waals surface area contributed by atoms with Gasteiger partial charge in [0.25, 0.3) is 0 Å². The molecule has 1 aromatic carbocycles. The Kier molecular flexibility index (Phi) is 2.29. The molecule has 0 fully saturated rings. The van der Waals surface area contributed by atoms with Gasteiger partial charge in [-0.2, -0.15) is 4.52 Å². The third kappa shape index (κ3) is 1.66. The number of hydrogen-bond donors (Lipinski definition) is 0. The van der Waals surface area contributed by atoms with E-state index in [1.165, 1.54) is 11.3 Å². The van der Waals surface area contributed by atoms with Crippen LogP contribution in [0.3, 0.4) is 0 Å². The summed E-state index contributed by atoms with van der Waals surface area (Å²) in [7, 11) is 3.93. The van der Waals surface area contributed by atoms with E-state index in [0.717, 1.165) is 21.5 Å². The SMILES string of the molecule is CN(C)c1nn2c(-c3ccccc3)nnc2s1. The Balaban J connectivity index is 2.18. The van der Waals surface area contributed by atoms with Crippen molar-refractivity contribution in [1.82, 2.24) is 19.8 Å². The van der Waals surface area contributed by atoms with E-state index in [2.05, 4.69) is 15.3 Å². The Morgan fingerprint density at radius 2 is 1.88 bits per heavy atom. The molecule has 86 valence electrons. The van der Waals surface area contributed by atoms with Crippen LogP contribution in [0.4, 0.5) is 5.13 Å². The van der Waals surface area contributed by atoms with Crippen LogP contribution >= 0.6 is 11.3 Å². The maximum absolute atomic E-state index is 4.48. The fraction of sp³-hybridized carbons (Fsp3) is 0.182. The van der Waals surface area contributed by atoms with Gasteiger partial charge in [0.15, 0.2) is 5.82 Å². The van der Waals surface area contributed by atoms with Crippen molar-refractivity contribution in [2.75, 3.05) is 19.0 Å². The first-order valence-electron chi connectivity index (χ1n) is 5.20. The van der Waals surface area contributed by atoms with Crippen molar-refractivity contribution >= 4 is 21.4 Å². The summed E-state index contributed by atoms with van der Waals surface area (Å²) < 4.78 is 1.79. The molecule has 3 aromatic rings. The van der Waals surface area contributed by atoms with E-state index in [0.29, 0.717) is 0 Å². The molecular formula is C11H11N5S. The highest BCUT2D eigenvalue weighted by Gasteiger charge is 2.13. The summed E-state index contributed by atoms with van der Waals surface area (Å²) in [5, 5.41) is 13.7. The first-order valence-corrected chi connectivity index (χ1v) is 6.02. The lowest BCUT2D eigenvalue weighted by atomic mass is 10.2. The molecule has 0 bridgehead atoms. The maximum atomic E-state index is 4.48. The molecule has 17 heavy (non-hydrogen) atoms. The summed E-state index contributed by atoms with van der Waals surface area (Å²) in [6.07, 6.45) is 0. The van der Waals surface area contributed by atoms with Crippen molar-refractivity contribution in [3.05, 3.63) is 30.3 Å². The van der Waals surface area contributed by atoms with Crippen molar-refractivity contribution in [1.29, 1.82) is 0 Å². The van der Waals surface area contributed by atoms with Crippen LogP contribution in [0.2, 0.25) is 0 Å². The molecule has 0 atom stereocenters. The van der Waals surface area contributed by atoms with Crippen LogP contribution in [0.1, 0.15) is 0 Å². The lowest BCUT2D eigenvalue weighted by Gasteiger charge is -2.04. The molecule has 0 unspecified atom stereocenters. The van der Waals surface area contributed by atoms with Crippen LogP contribution in [0.25, 0.3) is 16.3 Å². The molecule has 0 aliphatic heterocycles. The fourth-order valence-corrected chi connectivity index (χ4v) is 2.32. The molecule has 0 aliphatic carbocycles. The molecule has 6 heteroatoms. The quantitative estimate of drug-likeness (QED) is 0.692. The summed E-state index contributed by atoms with van der Waals surface area (Å²) in [6.45, 7) is 0. The van der Waals surface area contributed by atoms with E-state index in [-0.39, 0.29) is 0 Å². The number of hydrogen-bond acceptors (Lipinski definition) is 5. The minimum Gasteiger partial charge on any atom is -0.353 e. The van der Waals surface area contributed by atoms with Gasteiger partial charge in [-0.15, -0.1) is 15.3 Å². The van der Waals surface area contributed by atoms with Gasteiger partial charge >= 0.3 is 0 Å². The summed E-state index contributed by atoms with van der Waals surface area (Å²) in [6, 6.07) is 9.95. The van der Waals surface area contributed by atoms with E-state index in [4.69, 9.17) is 0 Å². The van der Waals surface area contributed by atoms with Gasteiger partial charge in [0.05, 0.1) is 0 Å². The van der Waals surface area contributed by atoms with Gasteiger partial charge in [-0.05, 0) is 0 Å². The van der Waals surface area contributed by atoms with Gasteiger partial charge in [-0.25, -0.2) is 0 Å². The summed E-state index contributed by atoms with van der Waals surface area (Å²) in [5.74, 6) is 0.782. The second-order valence-corrected chi connectivity index (χ2v) is 4.80. The van der Waals surface area contributed by atoms with Gasteiger partial charge in [0.2, 0.25) is 10.1 Å². The smallest absolute Gasteiger partial charge is 0.236 e. The number of nitrogens with zero attached hydrogens (tertiary/aromatic N) is 5. The zero-order valence-corrected chi connectivity index (χ0v) is 10.3. The monoisotopic (exact) mass is 245 g/mol. The molecule has 2 heterocycles. The molecule has 2 aromatic heterocycles. The van der Waals surface area contributed by atoms with Crippen molar-refractivity contribution in [2.45, 2.75) is 0 Å². The second kappa shape index (κ2) is 3.81. The van der Waals surface area contributed by atoms with Crippen LogP contribution in [0, 0.1) is 0 Å². The van der Waals surface area contributed by atoms with E-state index in [1.54, 1.807) is 4.52 Å². The molecule has 0 saturated carbocycles. The van der Waals surface area contributed by atoms with Crippen LogP contribution in [-0.2, 0) is 0 Å². The Hall–Kier alpha value is -1.95. The molecular weight excluding hydrogens is 234 g/mol. The molecule has 0 saturated heterocycles. The minimum atomic E-state index is 0.782. The number of rotatable bonds is 2. The summed E-state index contributed by atoms with van der Waals surface area (Å²) in [4.78, 5) is 2.78. The molecule has 5 nitrogen and oxygen atoms in total. The van der Waals surface area contributed by atoms with E-state index >= 15 is 0 Å². The van der Waals surface area contributed by atoms with Crippen LogP contribution in [0.15, 0.2) is 30.3 Å². The highest BCUT2D eigenvalue weighted by Crippen LogP contribution is 2.24. The van der Waals surface area contributed by atoms with Crippen molar-refractivity contribution in [3.63, 3.8) is 0 Å². The average molecular weight is 245 g/mol. The van der Waals surface area contributed by atoms with E-state index < -0.39 is 0 Å². The Labute approximate surface area is 102 Å². The third-order valence-electron chi connectivity index (χ3n) is 2.39. The summed E-state index contributed by atoms with van der Waals surface area (Å²) in [5.41, 5.74) is 1.02. The van der Waals surface area contributed by atoms with Crippen molar-refractivity contribution < 1.29 is 0 Å². The summed E-state index contributed by atoms with van der Waals surface area (Å²) >= 11 is 1.53. The van der Waals surface area contributed by atoms with Crippen LogP contribution in [-0.4, -0.2) is 33.9 Å². The number of fused-ring (bicyclic) bond motifs is 1. The van der Waals surface area contributed by atoms with Gasteiger partial charge < -0.3 is 4.90 Å². The maximum Gasteiger partial charge on any atom is 0.236 e. The number of benzene rings is 1. The Bertz CT molecular complexity index is 640. The first kappa shape index (κ1) is 10.2. The molecule has 0 aliphatic rings. The van der Waals surface area contributed by atoms with E-state index in [1.807, 2.05) is 49.3 Å². The van der Waals surface area contributed by atoms with Gasteiger partial charge in [0, 0.05) is 19.7 Å². The topological polar surface area (TPSA) is 46.3 Å². The highest BCUT2D eigenvalue weighted by molar-refractivity contribution is 7.20. The van der Waals surface area contributed by atoms with E-state index in [9.17, 15) is 0 Å². The predicted molar refractivity (Wildman–Crippen MR) is 68.4 cm³/mol.